The van der Waals surface area contributed by atoms with Crippen LogP contribution in [0.3, 0.4) is 0 Å². The number of hydrogen-bond acceptors (Lipinski definition) is 4. The lowest BCUT2D eigenvalue weighted by Gasteiger charge is -2.20. The maximum atomic E-state index is 11.9. The van der Waals surface area contributed by atoms with Crippen LogP contribution in [0.2, 0.25) is 0 Å². The first-order chi connectivity index (χ1) is 8.56. The van der Waals surface area contributed by atoms with Crippen LogP contribution in [0, 0.1) is 6.92 Å². The van der Waals surface area contributed by atoms with E-state index in [1.54, 1.807) is 0 Å². The first-order valence-electron chi connectivity index (χ1n) is 5.73. The smallest absolute Gasteiger partial charge is 0.323 e. The summed E-state index contributed by atoms with van der Waals surface area (Å²) >= 11 is 1.48. The Morgan fingerprint density at radius 3 is 2.83 bits per heavy atom. The average molecular weight is 269 g/mol. The van der Waals surface area contributed by atoms with Crippen molar-refractivity contribution in [3.05, 3.63) is 16.1 Å². The molecule has 2 rings (SSSR count). The fraction of sp³-hybridized carbons (Fsp3) is 0.545. The molecule has 0 radical (unpaired) electrons. The summed E-state index contributed by atoms with van der Waals surface area (Å²) in [6.07, 6.45) is 1.77. The van der Waals surface area contributed by atoms with Crippen molar-refractivity contribution in [2.45, 2.75) is 32.4 Å². The number of amides is 2. The van der Waals surface area contributed by atoms with Crippen LogP contribution in [0.1, 0.15) is 23.5 Å². The van der Waals surface area contributed by atoms with Gasteiger partial charge in [-0.15, -0.1) is 11.3 Å². The number of urea groups is 1. The van der Waals surface area contributed by atoms with Crippen LogP contribution in [0.4, 0.5) is 4.79 Å². The van der Waals surface area contributed by atoms with Gasteiger partial charge in [0.25, 0.3) is 0 Å². The predicted molar refractivity (Wildman–Crippen MR) is 66.5 cm³/mol. The third kappa shape index (κ3) is 3.43. The van der Waals surface area contributed by atoms with Crippen LogP contribution in [0.5, 0.6) is 0 Å². The zero-order chi connectivity index (χ0) is 13.1. The van der Waals surface area contributed by atoms with E-state index >= 15 is 0 Å². The van der Waals surface area contributed by atoms with E-state index in [0.717, 1.165) is 23.5 Å². The van der Waals surface area contributed by atoms with E-state index < -0.39 is 5.97 Å². The molecule has 2 N–H and O–H groups in total. The standard InChI is InChI=1S/C11H15N3O3S/c1-7-6-18-9(13-7)4-12-11(17)14(5-10(15)16)8-2-3-8/h6,8H,2-5H2,1H3,(H,12,17)(H,15,16). The highest BCUT2D eigenvalue weighted by molar-refractivity contribution is 7.09. The van der Waals surface area contributed by atoms with Gasteiger partial charge in [0.2, 0.25) is 0 Å². The Kier molecular flexibility index (Phi) is 3.81. The van der Waals surface area contributed by atoms with Crippen molar-refractivity contribution in [2.75, 3.05) is 6.54 Å². The van der Waals surface area contributed by atoms with E-state index in [-0.39, 0.29) is 18.6 Å². The van der Waals surface area contributed by atoms with Gasteiger partial charge in [0.15, 0.2) is 0 Å². The van der Waals surface area contributed by atoms with Gasteiger partial charge in [-0.25, -0.2) is 9.78 Å². The molecule has 1 fully saturated rings. The molecular weight excluding hydrogens is 254 g/mol. The first kappa shape index (κ1) is 12.8. The van der Waals surface area contributed by atoms with E-state index in [1.165, 1.54) is 16.2 Å². The van der Waals surface area contributed by atoms with Gasteiger partial charge in [-0.1, -0.05) is 0 Å². The Hall–Kier alpha value is -1.63. The first-order valence-corrected chi connectivity index (χ1v) is 6.61. The van der Waals surface area contributed by atoms with Crippen molar-refractivity contribution in [3.8, 4) is 0 Å². The number of carboxylic acids is 1. The number of nitrogens with zero attached hydrogens (tertiary/aromatic N) is 2. The number of aromatic nitrogens is 1. The van der Waals surface area contributed by atoms with Crippen molar-refractivity contribution >= 4 is 23.3 Å². The van der Waals surface area contributed by atoms with Crippen LogP contribution in [-0.2, 0) is 11.3 Å². The van der Waals surface area contributed by atoms with E-state index in [1.807, 2.05) is 12.3 Å². The molecule has 0 aromatic carbocycles. The summed E-state index contributed by atoms with van der Waals surface area (Å²) in [5.74, 6) is -0.984. The molecule has 18 heavy (non-hydrogen) atoms. The SMILES string of the molecule is Cc1csc(CNC(=O)N(CC(=O)O)C2CC2)n1. The Morgan fingerprint density at radius 2 is 2.33 bits per heavy atom. The normalized spacial score (nSPS) is 14.3. The Bertz CT molecular complexity index is 456. The third-order valence-electron chi connectivity index (χ3n) is 2.61. The van der Waals surface area contributed by atoms with Crippen LogP contribution >= 0.6 is 11.3 Å². The summed E-state index contributed by atoms with van der Waals surface area (Å²) in [6.45, 7) is 2.00. The van der Waals surface area contributed by atoms with Crippen LogP contribution < -0.4 is 5.32 Å². The molecule has 2 amide bonds. The number of rotatable bonds is 5. The number of carbonyl (C=O) groups excluding carboxylic acids is 1. The summed E-state index contributed by atoms with van der Waals surface area (Å²) < 4.78 is 0. The molecular formula is C11H15N3O3S. The number of aliphatic carboxylic acids is 1. The highest BCUT2D eigenvalue weighted by Gasteiger charge is 2.33. The summed E-state index contributed by atoms with van der Waals surface area (Å²) in [7, 11) is 0. The fourth-order valence-electron chi connectivity index (χ4n) is 1.64. The lowest BCUT2D eigenvalue weighted by atomic mass is 10.5. The minimum atomic E-state index is -0.984. The van der Waals surface area contributed by atoms with Gasteiger partial charge >= 0.3 is 12.0 Å². The topological polar surface area (TPSA) is 82.5 Å². The van der Waals surface area contributed by atoms with Crippen molar-refractivity contribution in [3.63, 3.8) is 0 Å². The van der Waals surface area contributed by atoms with Crippen molar-refractivity contribution < 1.29 is 14.7 Å². The fourth-order valence-corrected chi connectivity index (χ4v) is 2.35. The van der Waals surface area contributed by atoms with Gasteiger partial charge in [-0.3, -0.25) is 4.79 Å². The molecule has 6 nitrogen and oxygen atoms in total. The number of aryl methyl sites for hydroxylation is 1. The Labute approximate surface area is 109 Å². The average Bonchev–Trinajstić information content (AvgIpc) is 3.06. The lowest BCUT2D eigenvalue weighted by Crippen LogP contribution is -2.43. The second kappa shape index (κ2) is 5.34. The van der Waals surface area contributed by atoms with Gasteiger partial charge in [0.05, 0.1) is 6.54 Å². The Morgan fingerprint density at radius 1 is 1.61 bits per heavy atom. The van der Waals surface area contributed by atoms with Gasteiger partial charge in [-0.05, 0) is 19.8 Å². The minimum Gasteiger partial charge on any atom is -0.480 e. The molecule has 1 aromatic heterocycles. The predicted octanol–water partition coefficient (Wildman–Crippen LogP) is 1.21. The number of thiazole rings is 1. The molecule has 0 saturated heterocycles. The van der Waals surface area contributed by atoms with E-state index in [9.17, 15) is 9.59 Å². The quantitative estimate of drug-likeness (QED) is 0.841. The zero-order valence-electron chi connectivity index (χ0n) is 10.0. The molecule has 0 atom stereocenters. The second-order valence-corrected chi connectivity index (χ2v) is 5.24. The van der Waals surface area contributed by atoms with E-state index in [0.29, 0.717) is 6.54 Å². The van der Waals surface area contributed by atoms with Crippen molar-refractivity contribution in [1.29, 1.82) is 0 Å². The molecule has 1 saturated carbocycles. The number of carbonyl (C=O) groups is 2. The van der Waals surface area contributed by atoms with Crippen LogP contribution in [0.25, 0.3) is 0 Å². The molecule has 0 spiro atoms. The van der Waals surface area contributed by atoms with Gasteiger partial charge in [0, 0.05) is 17.1 Å². The largest absolute Gasteiger partial charge is 0.480 e. The molecule has 0 aliphatic heterocycles. The zero-order valence-corrected chi connectivity index (χ0v) is 10.9. The summed E-state index contributed by atoms with van der Waals surface area (Å²) in [6, 6.07) is -0.244. The van der Waals surface area contributed by atoms with E-state index in [4.69, 9.17) is 5.11 Å². The van der Waals surface area contributed by atoms with Gasteiger partial charge in [-0.2, -0.15) is 0 Å². The molecule has 0 unspecified atom stereocenters. The second-order valence-electron chi connectivity index (χ2n) is 4.29. The monoisotopic (exact) mass is 269 g/mol. The molecule has 1 heterocycles. The number of nitrogens with one attached hydrogen (secondary N) is 1. The Balaban J connectivity index is 1.87. The highest BCUT2D eigenvalue weighted by atomic mass is 32.1. The van der Waals surface area contributed by atoms with E-state index in [2.05, 4.69) is 10.3 Å². The lowest BCUT2D eigenvalue weighted by molar-refractivity contribution is -0.137. The molecule has 7 heteroatoms. The van der Waals surface area contributed by atoms with Crippen LogP contribution in [0.15, 0.2) is 5.38 Å². The van der Waals surface area contributed by atoms with Gasteiger partial charge in [0.1, 0.15) is 11.6 Å². The maximum Gasteiger partial charge on any atom is 0.323 e. The maximum absolute atomic E-state index is 11.9. The van der Waals surface area contributed by atoms with Gasteiger partial charge < -0.3 is 15.3 Å². The van der Waals surface area contributed by atoms with Crippen molar-refractivity contribution in [1.82, 2.24) is 15.2 Å². The molecule has 1 aliphatic carbocycles. The molecule has 1 aliphatic rings. The van der Waals surface area contributed by atoms with Crippen molar-refractivity contribution in [2.24, 2.45) is 0 Å². The van der Waals surface area contributed by atoms with Crippen LogP contribution in [-0.4, -0.2) is 39.6 Å². The third-order valence-corrected chi connectivity index (χ3v) is 3.58. The number of hydrogen-bond donors (Lipinski definition) is 2. The highest BCUT2D eigenvalue weighted by Crippen LogP contribution is 2.26. The number of carboxylic acid groups (broad SMARTS) is 1. The molecule has 98 valence electrons. The summed E-state index contributed by atoms with van der Waals surface area (Å²) in [5, 5.41) is 14.2. The minimum absolute atomic E-state index is 0.0825. The summed E-state index contributed by atoms with van der Waals surface area (Å²) in [5.41, 5.74) is 0.925. The molecule has 0 bridgehead atoms. The summed E-state index contributed by atoms with van der Waals surface area (Å²) in [4.78, 5) is 28.2. The molecule has 1 aromatic rings.